The molecule has 0 bridgehead atoms. The molecule has 6 aromatic heterocycles. The predicted octanol–water partition coefficient (Wildman–Crippen LogP) is 9.43. The molecule has 0 aliphatic carbocycles. The number of hydrogen-bond acceptors (Lipinski definition) is 11. The number of nitrogens with zero attached hydrogens (tertiary/aromatic N) is 6. The zero-order chi connectivity index (χ0) is 41.0. The minimum absolute atomic E-state index is 0. The van der Waals surface area contributed by atoms with Crippen LogP contribution < -0.4 is 10.6 Å². The maximum atomic E-state index is 11.8. The molecule has 7 aromatic rings. The van der Waals surface area contributed by atoms with E-state index in [9.17, 15) is 4.79 Å². The molecule has 0 atom stereocenters. The van der Waals surface area contributed by atoms with Crippen molar-refractivity contribution < 1.29 is 38.5 Å². The molecule has 0 radical (unpaired) electrons. The zero-order valence-electron chi connectivity index (χ0n) is 33.5. The Kier molecular flexibility index (Phi) is 22.7. The average Bonchev–Trinajstić information content (AvgIpc) is 3.31. The van der Waals surface area contributed by atoms with Crippen molar-refractivity contribution in [2.24, 2.45) is 0 Å². The molecule has 0 fully saturated rings. The summed E-state index contributed by atoms with van der Waals surface area (Å²) in [6.45, 7) is 3.64. The van der Waals surface area contributed by atoms with Gasteiger partial charge in [0.25, 0.3) is 0 Å². The van der Waals surface area contributed by atoms with Crippen molar-refractivity contribution in [3.05, 3.63) is 140 Å². The van der Waals surface area contributed by atoms with Crippen LogP contribution in [0.15, 0.2) is 140 Å². The Bertz CT molecular complexity index is 2050. The molecule has 2 N–H and O–H groups in total. The van der Waals surface area contributed by atoms with Gasteiger partial charge in [0.05, 0.1) is 60.2 Å². The maximum absolute atomic E-state index is 11.8. The van der Waals surface area contributed by atoms with Gasteiger partial charge >= 0.3 is 25.6 Å². The third kappa shape index (κ3) is 17.0. The Hall–Kier alpha value is -5.46. The Morgan fingerprint density at radius 1 is 0.517 bits per heavy atom. The van der Waals surface area contributed by atoms with Crippen molar-refractivity contribution in [2.45, 2.75) is 32.1 Å². The Labute approximate surface area is 369 Å². The number of hydrogen-bond donors (Lipinski definition) is 2. The third-order valence-corrected chi connectivity index (χ3v) is 8.84. The number of carbonyl (C=O) groups excluding carboxylic acids is 1. The average molecular weight is 916 g/mol. The van der Waals surface area contributed by atoms with Crippen molar-refractivity contribution in [3.8, 4) is 22.8 Å². The van der Waals surface area contributed by atoms with Crippen LogP contribution >= 0.6 is 11.6 Å². The molecular formula is C46H51ClN8O4Ru+2. The number of ether oxygens (including phenoxy) is 3. The van der Waals surface area contributed by atoms with E-state index in [4.69, 9.17) is 25.8 Å². The van der Waals surface area contributed by atoms with E-state index in [2.05, 4.69) is 46.6 Å². The molecule has 0 spiro atoms. The number of carbonyl (C=O) groups is 1. The van der Waals surface area contributed by atoms with E-state index < -0.39 is 6.09 Å². The van der Waals surface area contributed by atoms with Gasteiger partial charge in [-0.1, -0.05) is 43.2 Å². The van der Waals surface area contributed by atoms with Crippen molar-refractivity contribution in [3.63, 3.8) is 0 Å². The number of aromatic nitrogens is 6. The number of amides is 1. The van der Waals surface area contributed by atoms with Crippen LogP contribution in [-0.2, 0) is 33.7 Å². The summed E-state index contributed by atoms with van der Waals surface area (Å²) in [5, 5.41) is 8.17. The topological polar surface area (TPSA) is 146 Å². The van der Waals surface area contributed by atoms with Crippen LogP contribution in [0.1, 0.15) is 32.1 Å². The van der Waals surface area contributed by atoms with Crippen LogP contribution in [-0.4, -0.2) is 88.0 Å². The molecule has 1 amide bonds. The molecule has 0 saturated heterocycles. The molecule has 0 aliphatic rings. The van der Waals surface area contributed by atoms with Gasteiger partial charge in [0.2, 0.25) is 0 Å². The first kappa shape index (κ1) is 47.2. The van der Waals surface area contributed by atoms with Gasteiger partial charge in [-0.3, -0.25) is 29.9 Å². The van der Waals surface area contributed by atoms with Gasteiger partial charge in [-0.05, 0) is 92.1 Å². The first-order valence-electron chi connectivity index (χ1n) is 19.9. The van der Waals surface area contributed by atoms with E-state index >= 15 is 0 Å². The number of rotatable bonds is 19. The monoisotopic (exact) mass is 916 g/mol. The molecule has 312 valence electrons. The van der Waals surface area contributed by atoms with Crippen molar-refractivity contribution in [2.75, 3.05) is 57.3 Å². The van der Waals surface area contributed by atoms with Crippen molar-refractivity contribution in [1.82, 2.24) is 35.2 Å². The summed E-state index contributed by atoms with van der Waals surface area (Å²) in [5.41, 5.74) is 6.41. The quantitative estimate of drug-likeness (QED) is 0.0346. The number of nitrogens with one attached hydrogen (secondary N) is 2. The van der Waals surface area contributed by atoms with Gasteiger partial charge < -0.3 is 24.8 Å². The van der Waals surface area contributed by atoms with Gasteiger partial charge in [-0.2, -0.15) is 0 Å². The minimum atomic E-state index is -0.437. The summed E-state index contributed by atoms with van der Waals surface area (Å²) in [4.78, 5) is 37.5. The molecule has 6 heterocycles. The van der Waals surface area contributed by atoms with Crippen LogP contribution in [0.4, 0.5) is 10.5 Å². The summed E-state index contributed by atoms with van der Waals surface area (Å²) >= 11 is 5.65. The van der Waals surface area contributed by atoms with E-state index in [1.54, 1.807) is 37.2 Å². The Morgan fingerprint density at radius 2 is 1.05 bits per heavy atom. The fraction of sp³-hybridized carbons (Fsp3) is 0.283. The maximum Gasteiger partial charge on any atom is 2.00 e. The molecular weight excluding hydrogens is 865 g/mol. The third-order valence-electron chi connectivity index (χ3n) is 8.58. The molecule has 1 aromatic carbocycles. The predicted molar refractivity (Wildman–Crippen MR) is 235 cm³/mol. The molecule has 7 rings (SSSR count). The summed E-state index contributed by atoms with van der Waals surface area (Å²) in [6, 6.07) is 33.2. The van der Waals surface area contributed by atoms with E-state index in [0.29, 0.717) is 45.9 Å². The standard InChI is InChI=1S/C26H35ClN4O4.2C10H8N2.Ru/c27-10-3-1-2-4-15-33-18-19-34-17-14-31-26(32)35-16-7-13-28-23-20-21-8-5-11-29-24(21)25-22(23)9-6-12-30-25;2*1-3-7-11-9(5-1)10-6-2-4-8-12-10;/h5-6,8-9,11-12,20,28H,1-4,7,10,13-19H2,(H,31,32);2*1-8H;/q;;;+2. The summed E-state index contributed by atoms with van der Waals surface area (Å²) in [6.07, 6.45) is 15.3. The normalized spacial score (nSPS) is 10.3. The number of fused-ring (bicyclic) bond motifs is 3. The number of anilines is 1. The second-order valence-electron chi connectivity index (χ2n) is 12.9. The molecule has 14 heteroatoms. The molecule has 0 unspecified atom stereocenters. The molecule has 12 nitrogen and oxygen atoms in total. The van der Waals surface area contributed by atoms with E-state index in [-0.39, 0.29) is 19.5 Å². The fourth-order valence-corrected chi connectivity index (χ4v) is 5.88. The number of alkyl carbamates (subject to hydrolysis) is 1. The summed E-state index contributed by atoms with van der Waals surface area (Å²) in [5.74, 6) is 0.730. The number of pyridine rings is 6. The number of halogens is 1. The van der Waals surface area contributed by atoms with Gasteiger partial charge in [0.1, 0.15) is 0 Å². The first-order chi connectivity index (χ1) is 29.2. The van der Waals surface area contributed by atoms with Gasteiger partial charge in [-0.15, -0.1) is 11.6 Å². The van der Waals surface area contributed by atoms with E-state index in [1.807, 2.05) is 97.1 Å². The van der Waals surface area contributed by atoms with Crippen molar-refractivity contribution >= 4 is 45.2 Å². The Morgan fingerprint density at radius 3 is 1.62 bits per heavy atom. The van der Waals surface area contributed by atoms with Crippen LogP contribution in [0.2, 0.25) is 0 Å². The smallest absolute Gasteiger partial charge is 0.449 e. The first-order valence-corrected chi connectivity index (χ1v) is 20.4. The SMILES string of the molecule is O=C(NCCOCCOCCCCCCCl)OCCCNc1cc2cccnc2c2ncccc12.[Ru+2].c1ccc(-c2ccccn2)nc1.c1ccc(-c2ccccn2)nc1. The van der Waals surface area contributed by atoms with Crippen LogP contribution in [0.3, 0.4) is 0 Å². The van der Waals surface area contributed by atoms with Gasteiger partial charge in [0, 0.05) is 79.2 Å². The number of benzene rings is 1. The molecule has 0 saturated carbocycles. The number of alkyl halides is 1. The van der Waals surface area contributed by atoms with Crippen LogP contribution in [0, 0.1) is 0 Å². The van der Waals surface area contributed by atoms with E-state index in [1.165, 1.54) is 0 Å². The van der Waals surface area contributed by atoms with Crippen LogP contribution in [0.5, 0.6) is 0 Å². The van der Waals surface area contributed by atoms with Gasteiger partial charge in [-0.25, -0.2) is 4.79 Å². The Balaban J connectivity index is 0.000000255. The fourth-order valence-electron chi connectivity index (χ4n) is 5.69. The second-order valence-corrected chi connectivity index (χ2v) is 13.3. The van der Waals surface area contributed by atoms with Crippen LogP contribution in [0.25, 0.3) is 44.6 Å². The van der Waals surface area contributed by atoms with Crippen molar-refractivity contribution in [1.29, 1.82) is 0 Å². The largest absolute Gasteiger partial charge is 2.00 e. The zero-order valence-corrected chi connectivity index (χ0v) is 36.0. The molecule has 60 heavy (non-hydrogen) atoms. The molecule has 0 aliphatic heterocycles. The summed E-state index contributed by atoms with van der Waals surface area (Å²) < 4.78 is 16.2. The number of unbranched alkanes of at least 4 members (excludes halogenated alkanes) is 3. The van der Waals surface area contributed by atoms with E-state index in [0.717, 1.165) is 88.4 Å². The van der Waals surface area contributed by atoms with Gasteiger partial charge in [0.15, 0.2) is 0 Å². The summed E-state index contributed by atoms with van der Waals surface area (Å²) in [7, 11) is 0. The minimum Gasteiger partial charge on any atom is -0.449 e. The second kappa shape index (κ2) is 28.9.